The first kappa shape index (κ1) is 17.8. The Kier molecular flexibility index (Phi) is 4.33. The summed E-state index contributed by atoms with van der Waals surface area (Å²) in [4.78, 5) is 19.9. The van der Waals surface area contributed by atoms with E-state index >= 15 is 0 Å². The van der Waals surface area contributed by atoms with E-state index in [1.165, 1.54) is 18.0 Å². The van der Waals surface area contributed by atoms with Crippen LogP contribution < -0.4 is 5.32 Å². The van der Waals surface area contributed by atoms with Crippen LogP contribution in [-0.4, -0.2) is 30.8 Å². The summed E-state index contributed by atoms with van der Waals surface area (Å²) in [6, 6.07) is 21.0. The van der Waals surface area contributed by atoms with Gasteiger partial charge in [-0.05, 0) is 42.0 Å². The molecule has 30 heavy (non-hydrogen) atoms. The number of carboxylic acid groups (broad SMARTS) is 1. The highest BCUT2D eigenvalue weighted by atomic mass is 16.4. The van der Waals surface area contributed by atoms with Crippen molar-refractivity contribution in [1.29, 1.82) is 0 Å². The quantitative estimate of drug-likeness (QED) is 0.456. The average molecular weight is 395 g/mol. The minimum absolute atomic E-state index is 0.193. The Labute approximate surface area is 171 Å². The number of anilines is 2. The smallest absolute Gasteiger partial charge is 0.335 e. The standard InChI is InChI=1S/C23H17N5O2/c29-23(30)16-6-8-20-19(11-16)22(25-14-24-20)27-18-7-9-21-17(10-18)12-26-28(21)13-15-4-2-1-3-5-15/h1-12,14H,13H2,(H,29,30)(H,24,25,27). The topological polar surface area (TPSA) is 92.9 Å². The summed E-state index contributed by atoms with van der Waals surface area (Å²) in [5.41, 5.74) is 3.92. The molecular weight excluding hydrogens is 378 g/mol. The normalized spacial score (nSPS) is 11.1. The molecule has 0 saturated carbocycles. The van der Waals surface area contributed by atoms with E-state index in [-0.39, 0.29) is 5.56 Å². The van der Waals surface area contributed by atoms with E-state index in [9.17, 15) is 9.90 Å². The van der Waals surface area contributed by atoms with Gasteiger partial charge in [0, 0.05) is 16.5 Å². The highest BCUT2D eigenvalue weighted by Crippen LogP contribution is 2.26. The molecule has 0 unspecified atom stereocenters. The van der Waals surface area contributed by atoms with Gasteiger partial charge in [-0.3, -0.25) is 4.68 Å². The van der Waals surface area contributed by atoms with E-state index in [1.54, 1.807) is 12.1 Å². The number of carboxylic acids is 1. The van der Waals surface area contributed by atoms with Crippen LogP contribution in [0.5, 0.6) is 0 Å². The maximum atomic E-state index is 11.3. The zero-order chi connectivity index (χ0) is 20.5. The monoisotopic (exact) mass is 395 g/mol. The largest absolute Gasteiger partial charge is 0.478 e. The number of benzene rings is 3. The predicted octanol–water partition coefficient (Wildman–Crippen LogP) is 4.47. The number of nitrogens with zero attached hydrogens (tertiary/aromatic N) is 4. The molecule has 0 radical (unpaired) electrons. The van der Waals surface area contributed by atoms with Crippen LogP contribution in [0, 0.1) is 0 Å². The maximum absolute atomic E-state index is 11.3. The van der Waals surface area contributed by atoms with Crippen molar-refractivity contribution < 1.29 is 9.90 Å². The fourth-order valence-electron chi connectivity index (χ4n) is 3.47. The SMILES string of the molecule is O=C(O)c1ccc2ncnc(Nc3ccc4c(cnn4Cc4ccccc4)c3)c2c1. The second kappa shape index (κ2) is 7.29. The molecule has 0 fully saturated rings. The van der Waals surface area contributed by atoms with Crippen molar-refractivity contribution in [3.63, 3.8) is 0 Å². The van der Waals surface area contributed by atoms with Gasteiger partial charge in [-0.1, -0.05) is 30.3 Å². The predicted molar refractivity (Wildman–Crippen MR) is 115 cm³/mol. The molecule has 0 spiro atoms. The van der Waals surface area contributed by atoms with Gasteiger partial charge in [-0.25, -0.2) is 14.8 Å². The molecule has 0 aliphatic heterocycles. The van der Waals surface area contributed by atoms with Gasteiger partial charge in [0.2, 0.25) is 0 Å². The molecule has 7 heteroatoms. The van der Waals surface area contributed by atoms with Crippen LogP contribution in [0.3, 0.4) is 0 Å². The van der Waals surface area contributed by atoms with Gasteiger partial charge in [0.1, 0.15) is 12.1 Å². The lowest BCUT2D eigenvalue weighted by atomic mass is 10.1. The lowest BCUT2D eigenvalue weighted by Gasteiger charge is -2.09. The molecule has 0 aliphatic rings. The molecule has 146 valence electrons. The number of rotatable bonds is 5. The molecule has 7 nitrogen and oxygen atoms in total. The van der Waals surface area contributed by atoms with Crippen molar-refractivity contribution in [2.75, 3.05) is 5.32 Å². The Morgan fingerprint density at radius 2 is 1.87 bits per heavy atom. The third-order valence-electron chi connectivity index (χ3n) is 4.96. The minimum Gasteiger partial charge on any atom is -0.478 e. The Morgan fingerprint density at radius 3 is 2.70 bits per heavy atom. The molecule has 5 aromatic rings. The first-order valence-corrected chi connectivity index (χ1v) is 9.42. The number of aromatic nitrogens is 4. The zero-order valence-electron chi connectivity index (χ0n) is 15.9. The molecule has 2 N–H and O–H groups in total. The summed E-state index contributed by atoms with van der Waals surface area (Å²) in [7, 11) is 0. The minimum atomic E-state index is -0.987. The van der Waals surface area contributed by atoms with E-state index < -0.39 is 5.97 Å². The number of nitrogens with one attached hydrogen (secondary N) is 1. The van der Waals surface area contributed by atoms with Gasteiger partial charge in [-0.2, -0.15) is 5.10 Å². The Bertz CT molecular complexity index is 1380. The summed E-state index contributed by atoms with van der Waals surface area (Å²) in [6.45, 7) is 0.700. The average Bonchev–Trinajstić information content (AvgIpc) is 3.16. The zero-order valence-corrected chi connectivity index (χ0v) is 15.9. The van der Waals surface area contributed by atoms with Crippen molar-refractivity contribution in [3.8, 4) is 0 Å². The van der Waals surface area contributed by atoms with Gasteiger partial charge in [-0.15, -0.1) is 0 Å². The van der Waals surface area contributed by atoms with Crippen LogP contribution in [0.1, 0.15) is 15.9 Å². The van der Waals surface area contributed by atoms with Crippen molar-refractivity contribution in [3.05, 3.63) is 90.4 Å². The van der Waals surface area contributed by atoms with Gasteiger partial charge in [0.25, 0.3) is 0 Å². The van der Waals surface area contributed by atoms with Gasteiger partial charge in [0.05, 0.1) is 29.3 Å². The van der Waals surface area contributed by atoms with Crippen LogP contribution in [0.25, 0.3) is 21.8 Å². The second-order valence-electron chi connectivity index (χ2n) is 6.95. The lowest BCUT2D eigenvalue weighted by Crippen LogP contribution is -2.01. The number of aromatic carboxylic acids is 1. The Morgan fingerprint density at radius 1 is 1.00 bits per heavy atom. The van der Waals surface area contributed by atoms with E-state index in [4.69, 9.17) is 0 Å². The number of carbonyl (C=O) groups is 1. The fourth-order valence-corrected chi connectivity index (χ4v) is 3.47. The lowest BCUT2D eigenvalue weighted by molar-refractivity contribution is 0.0697. The van der Waals surface area contributed by atoms with E-state index in [1.807, 2.05) is 47.3 Å². The molecule has 0 aliphatic carbocycles. The molecular formula is C23H17N5O2. The number of fused-ring (bicyclic) bond motifs is 2. The van der Waals surface area contributed by atoms with Crippen LogP contribution in [0.4, 0.5) is 11.5 Å². The highest BCUT2D eigenvalue weighted by Gasteiger charge is 2.10. The van der Waals surface area contributed by atoms with Crippen LogP contribution >= 0.6 is 0 Å². The number of hydrogen-bond acceptors (Lipinski definition) is 5. The summed E-state index contributed by atoms with van der Waals surface area (Å²) >= 11 is 0. The fraction of sp³-hybridized carbons (Fsp3) is 0.0435. The van der Waals surface area contributed by atoms with Crippen molar-refractivity contribution in [1.82, 2.24) is 19.7 Å². The summed E-state index contributed by atoms with van der Waals surface area (Å²) in [5, 5.41) is 18.7. The number of hydrogen-bond donors (Lipinski definition) is 2. The van der Waals surface area contributed by atoms with Crippen molar-refractivity contribution in [2.45, 2.75) is 6.54 Å². The van der Waals surface area contributed by atoms with Crippen LogP contribution in [0.2, 0.25) is 0 Å². The van der Waals surface area contributed by atoms with Gasteiger partial charge >= 0.3 is 5.97 Å². The molecule has 5 rings (SSSR count). The molecule has 0 amide bonds. The van der Waals surface area contributed by atoms with Gasteiger partial charge in [0.15, 0.2) is 0 Å². The Balaban J connectivity index is 1.47. The molecule has 0 atom stereocenters. The Hall–Kier alpha value is -4.26. The molecule has 2 heterocycles. The molecule has 3 aromatic carbocycles. The van der Waals surface area contributed by atoms with Crippen LogP contribution in [-0.2, 0) is 6.54 Å². The molecule has 0 saturated heterocycles. The van der Waals surface area contributed by atoms with Crippen molar-refractivity contribution >= 4 is 39.3 Å². The van der Waals surface area contributed by atoms with E-state index in [0.29, 0.717) is 23.3 Å². The van der Waals surface area contributed by atoms with E-state index in [2.05, 4.69) is 32.5 Å². The first-order chi connectivity index (χ1) is 14.7. The van der Waals surface area contributed by atoms with Crippen LogP contribution in [0.15, 0.2) is 79.3 Å². The van der Waals surface area contributed by atoms with E-state index in [0.717, 1.165) is 16.6 Å². The highest BCUT2D eigenvalue weighted by molar-refractivity contribution is 5.98. The van der Waals surface area contributed by atoms with Gasteiger partial charge < -0.3 is 10.4 Å². The second-order valence-corrected chi connectivity index (χ2v) is 6.95. The molecule has 0 bridgehead atoms. The van der Waals surface area contributed by atoms with Crippen molar-refractivity contribution in [2.24, 2.45) is 0 Å². The maximum Gasteiger partial charge on any atom is 0.335 e. The first-order valence-electron chi connectivity index (χ1n) is 9.42. The summed E-state index contributed by atoms with van der Waals surface area (Å²) in [6.07, 6.45) is 3.30. The summed E-state index contributed by atoms with van der Waals surface area (Å²) < 4.78 is 1.97. The third kappa shape index (κ3) is 3.33. The third-order valence-corrected chi connectivity index (χ3v) is 4.96. The summed E-state index contributed by atoms with van der Waals surface area (Å²) in [5.74, 6) is -0.432. The molecule has 2 aromatic heterocycles.